The molecular formula is C37H42FN5O5. The number of carbonyl (C=O) groups is 5. The lowest BCUT2D eigenvalue weighted by Crippen LogP contribution is -2.58. The van der Waals surface area contributed by atoms with Crippen molar-refractivity contribution in [2.75, 3.05) is 19.6 Å². The van der Waals surface area contributed by atoms with Crippen LogP contribution in [0.25, 0.3) is 11.1 Å². The van der Waals surface area contributed by atoms with E-state index in [1.807, 2.05) is 44.2 Å². The fourth-order valence-electron chi connectivity index (χ4n) is 6.42. The second-order valence-electron chi connectivity index (χ2n) is 12.8. The number of nitrogens with zero attached hydrogens (tertiary/aromatic N) is 2. The molecule has 0 aliphatic carbocycles. The van der Waals surface area contributed by atoms with Crippen LogP contribution in [0.4, 0.5) is 4.39 Å². The number of fused-ring (bicyclic) bond motifs is 1. The maximum absolute atomic E-state index is 14.4. The second-order valence-corrected chi connectivity index (χ2v) is 12.8. The largest absolute Gasteiger partial charge is 0.349 e. The van der Waals surface area contributed by atoms with Gasteiger partial charge < -0.3 is 25.8 Å². The van der Waals surface area contributed by atoms with Crippen LogP contribution in [0.1, 0.15) is 49.5 Å². The average molecular weight is 656 g/mol. The van der Waals surface area contributed by atoms with Crippen LogP contribution >= 0.6 is 0 Å². The van der Waals surface area contributed by atoms with Gasteiger partial charge >= 0.3 is 0 Å². The zero-order valence-electron chi connectivity index (χ0n) is 27.4. The first kappa shape index (κ1) is 34.3. The smallest absolute Gasteiger partial charge is 0.255 e. The van der Waals surface area contributed by atoms with Gasteiger partial charge in [0, 0.05) is 18.7 Å². The summed E-state index contributed by atoms with van der Waals surface area (Å²) in [5.41, 5.74) is 2.35. The van der Waals surface area contributed by atoms with Crippen LogP contribution in [0.3, 0.4) is 0 Å². The van der Waals surface area contributed by atoms with Crippen LogP contribution in [-0.4, -0.2) is 83.1 Å². The van der Waals surface area contributed by atoms with E-state index in [0.29, 0.717) is 36.9 Å². The number of amides is 5. The molecule has 10 nitrogen and oxygen atoms in total. The van der Waals surface area contributed by atoms with E-state index in [9.17, 15) is 28.4 Å². The molecule has 0 saturated carbocycles. The van der Waals surface area contributed by atoms with Crippen molar-refractivity contribution in [3.63, 3.8) is 0 Å². The zero-order valence-corrected chi connectivity index (χ0v) is 27.4. The summed E-state index contributed by atoms with van der Waals surface area (Å²) < 4.78 is 13.8. The Labute approximate surface area is 280 Å². The van der Waals surface area contributed by atoms with E-state index in [-0.39, 0.29) is 18.0 Å². The summed E-state index contributed by atoms with van der Waals surface area (Å²) in [6, 6.07) is 18.8. The molecule has 252 valence electrons. The molecule has 2 heterocycles. The van der Waals surface area contributed by atoms with Gasteiger partial charge in [-0.3, -0.25) is 24.0 Å². The maximum Gasteiger partial charge on any atom is 0.255 e. The number of hydrogen-bond acceptors (Lipinski definition) is 5. The summed E-state index contributed by atoms with van der Waals surface area (Å²) in [6.07, 6.45) is 1.39. The molecule has 0 unspecified atom stereocenters. The first-order chi connectivity index (χ1) is 23.0. The fraction of sp³-hybridized carbons (Fsp3) is 0.378. The van der Waals surface area contributed by atoms with Crippen molar-refractivity contribution >= 4 is 29.5 Å². The number of carbonyl (C=O) groups excluding carboxylic acids is 5. The number of benzene rings is 3. The molecule has 3 N–H and O–H groups in total. The van der Waals surface area contributed by atoms with Crippen molar-refractivity contribution in [3.8, 4) is 11.1 Å². The summed E-state index contributed by atoms with van der Waals surface area (Å²) in [5.74, 6) is -3.00. The molecule has 2 fully saturated rings. The molecule has 0 spiro atoms. The van der Waals surface area contributed by atoms with E-state index in [1.54, 1.807) is 43.3 Å². The molecule has 3 aromatic carbocycles. The Kier molecular flexibility index (Phi) is 10.9. The molecule has 2 aliphatic heterocycles. The van der Waals surface area contributed by atoms with Gasteiger partial charge in [0.05, 0.1) is 12.6 Å². The highest BCUT2D eigenvalue weighted by molar-refractivity contribution is 6.03. The summed E-state index contributed by atoms with van der Waals surface area (Å²) in [5, 5.41) is 8.68. The van der Waals surface area contributed by atoms with Gasteiger partial charge in [-0.2, -0.15) is 0 Å². The second kappa shape index (κ2) is 15.2. The van der Waals surface area contributed by atoms with Crippen LogP contribution < -0.4 is 16.0 Å². The summed E-state index contributed by atoms with van der Waals surface area (Å²) in [7, 11) is 0. The molecule has 2 saturated heterocycles. The third kappa shape index (κ3) is 8.07. The third-order valence-electron chi connectivity index (χ3n) is 8.88. The average Bonchev–Trinajstić information content (AvgIpc) is 3.56. The monoisotopic (exact) mass is 655 g/mol. The molecule has 0 radical (unpaired) electrons. The van der Waals surface area contributed by atoms with Crippen LogP contribution in [-0.2, 0) is 25.6 Å². The van der Waals surface area contributed by atoms with Crippen molar-refractivity contribution in [1.29, 1.82) is 0 Å². The lowest BCUT2D eigenvalue weighted by molar-refractivity contribution is -0.142. The minimum Gasteiger partial charge on any atom is -0.349 e. The van der Waals surface area contributed by atoms with E-state index in [0.717, 1.165) is 5.56 Å². The number of rotatable bonds is 5. The molecule has 3 aromatic rings. The molecule has 2 aliphatic rings. The van der Waals surface area contributed by atoms with Crippen molar-refractivity contribution in [3.05, 3.63) is 95.8 Å². The van der Waals surface area contributed by atoms with E-state index in [4.69, 9.17) is 0 Å². The van der Waals surface area contributed by atoms with Gasteiger partial charge in [0.2, 0.25) is 23.6 Å². The Morgan fingerprint density at radius 1 is 0.875 bits per heavy atom. The quantitative estimate of drug-likeness (QED) is 0.389. The van der Waals surface area contributed by atoms with E-state index in [2.05, 4.69) is 16.0 Å². The Bertz CT molecular complexity index is 1650. The van der Waals surface area contributed by atoms with E-state index >= 15 is 0 Å². The first-order valence-electron chi connectivity index (χ1n) is 16.4. The topological polar surface area (TPSA) is 128 Å². The van der Waals surface area contributed by atoms with Gasteiger partial charge in [-0.15, -0.1) is 0 Å². The normalized spacial score (nSPS) is 22.7. The van der Waals surface area contributed by atoms with Gasteiger partial charge in [0.15, 0.2) is 0 Å². The molecule has 5 amide bonds. The first-order valence-corrected chi connectivity index (χ1v) is 16.4. The minimum atomic E-state index is -0.958. The van der Waals surface area contributed by atoms with Gasteiger partial charge in [-0.05, 0) is 67.0 Å². The number of hydrogen-bond donors (Lipinski definition) is 3. The van der Waals surface area contributed by atoms with Crippen LogP contribution in [0.2, 0.25) is 0 Å². The molecule has 0 aromatic heterocycles. The predicted molar refractivity (Wildman–Crippen MR) is 179 cm³/mol. The lowest BCUT2D eigenvalue weighted by Gasteiger charge is -2.31. The van der Waals surface area contributed by atoms with Gasteiger partial charge in [-0.25, -0.2) is 4.39 Å². The molecule has 4 atom stereocenters. The fourth-order valence-corrected chi connectivity index (χ4v) is 6.42. The highest BCUT2D eigenvalue weighted by Gasteiger charge is 2.39. The molecule has 11 heteroatoms. The highest BCUT2D eigenvalue weighted by atomic mass is 19.1. The Balaban J connectivity index is 1.55. The molecular weight excluding hydrogens is 613 g/mol. The van der Waals surface area contributed by atoms with Crippen molar-refractivity contribution in [1.82, 2.24) is 25.8 Å². The Morgan fingerprint density at radius 3 is 2.27 bits per heavy atom. The maximum atomic E-state index is 14.4. The Morgan fingerprint density at radius 2 is 1.56 bits per heavy atom. The standard InChI is InChI=1S/C37H42FN5O5/c1-23(2)33-35(46)40-28(20-25-10-5-4-6-11-25)21-42(37(48)30-13-8-7-12-29(30)26-15-17-27(38)18-16-26)22-32(44)39-24(3)36(47)43-19-9-14-31(43)34(45)41-33/h4-8,10-13,15-18,23-24,28,31,33H,9,14,19-22H2,1-3H3,(H,39,44)(H,40,46)(H,41,45)/t24-,28-,31+,33-/m0/s1. The van der Waals surface area contributed by atoms with Crippen molar-refractivity contribution in [2.24, 2.45) is 5.92 Å². The van der Waals surface area contributed by atoms with Crippen LogP contribution in [0.15, 0.2) is 78.9 Å². The Hall–Kier alpha value is -5.06. The highest BCUT2D eigenvalue weighted by Crippen LogP contribution is 2.26. The number of nitrogens with one attached hydrogen (secondary N) is 3. The third-order valence-corrected chi connectivity index (χ3v) is 8.88. The summed E-state index contributed by atoms with van der Waals surface area (Å²) in [4.78, 5) is 71.7. The number of halogens is 1. The van der Waals surface area contributed by atoms with E-state index < -0.39 is 66.1 Å². The van der Waals surface area contributed by atoms with E-state index in [1.165, 1.54) is 21.9 Å². The SMILES string of the molecule is CC(C)[C@@H]1NC(=O)[C@H]2CCCN2C(=O)[C@H](C)NC(=O)CN(C(=O)c2ccccc2-c2ccc(F)cc2)C[C@H](Cc2ccccc2)NC1=O. The molecule has 48 heavy (non-hydrogen) atoms. The van der Waals surface area contributed by atoms with Gasteiger partial charge in [-0.1, -0.05) is 74.5 Å². The molecule has 5 rings (SSSR count). The predicted octanol–water partition coefficient (Wildman–Crippen LogP) is 3.31. The lowest BCUT2D eigenvalue weighted by atomic mass is 9.98. The summed E-state index contributed by atoms with van der Waals surface area (Å²) >= 11 is 0. The zero-order chi connectivity index (χ0) is 34.4. The summed E-state index contributed by atoms with van der Waals surface area (Å²) in [6.45, 7) is 5.11. The van der Waals surface area contributed by atoms with Gasteiger partial charge in [0.1, 0.15) is 23.9 Å². The van der Waals surface area contributed by atoms with Crippen molar-refractivity contribution in [2.45, 2.75) is 64.2 Å². The van der Waals surface area contributed by atoms with Crippen LogP contribution in [0.5, 0.6) is 0 Å². The van der Waals surface area contributed by atoms with Crippen LogP contribution in [0, 0.1) is 11.7 Å². The van der Waals surface area contributed by atoms with Crippen molar-refractivity contribution < 1.29 is 28.4 Å². The van der Waals surface area contributed by atoms with Gasteiger partial charge in [0.25, 0.3) is 5.91 Å². The molecule has 0 bridgehead atoms. The minimum absolute atomic E-state index is 0.0551.